The normalized spacial score (nSPS) is 8.47. The summed E-state index contributed by atoms with van der Waals surface area (Å²) < 4.78 is 0. The van der Waals surface area contributed by atoms with Crippen LogP contribution in [-0.4, -0.2) is 80.5 Å². The molecule has 0 N–H and O–H groups in total. The fourth-order valence-corrected chi connectivity index (χ4v) is 6.17. The van der Waals surface area contributed by atoms with E-state index in [1.54, 1.807) is 74.4 Å². The van der Waals surface area contributed by atoms with Crippen LogP contribution in [0.2, 0.25) is 0 Å². The van der Waals surface area contributed by atoms with E-state index in [1.807, 2.05) is 218 Å². The zero-order chi connectivity index (χ0) is 60.2. The van der Waals surface area contributed by atoms with Crippen molar-refractivity contribution in [2.75, 3.05) is 0 Å². The number of hydrogen-bond acceptors (Lipinski definition) is 16. The number of rotatable bonds is 6. The van der Waals surface area contributed by atoms with Gasteiger partial charge in [0.2, 0.25) is 0 Å². The average molecular weight is 1280 g/mol. The maximum atomic E-state index is 7.13. The SMILES string of the molecule is [Mn+2].[Mn+2].[N-]=C=S.[N-]=C=S.[N-]=C=S.[N-]=C=S.c1ccc(-c2ccccn2)nc1.c1ccc(-c2ccccn2)nc1.c1ccc(-c2ccccn2)nc1.c1ccc(-c2ccccn2)nc1.c1ccc(-c2ccccn2)nc1.c1ccc(-c2ccccn2)nc1. The van der Waals surface area contributed by atoms with Gasteiger partial charge in [-0.2, -0.15) is 20.6 Å². The van der Waals surface area contributed by atoms with Crippen LogP contribution in [0.15, 0.2) is 293 Å². The molecular weight excluding hydrogens is 1230 g/mol. The van der Waals surface area contributed by atoms with E-state index >= 15 is 0 Å². The molecule has 12 aromatic rings. The first-order chi connectivity index (χ1) is 41.5. The summed E-state index contributed by atoms with van der Waals surface area (Å²) in [5, 5.41) is 33.9. The molecule has 12 aromatic heterocycles. The van der Waals surface area contributed by atoms with Crippen molar-refractivity contribution < 1.29 is 34.1 Å². The van der Waals surface area contributed by atoms with Crippen molar-refractivity contribution in [3.63, 3.8) is 0 Å². The Morgan fingerprint density at radius 1 is 0.174 bits per heavy atom. The molecule has 86 heavy (non-hydrogen) atoms. The minimum atomic E-state index is 0. The number of hydrogen-bond donors (Lipinski definition) is 0. The van der Waals surface area contributed by atoms with Gasteiger partial charge in [-0.15, -0.1) is 0 Å². The summed E-state index contributed by atoms with van der Waals surface area (Å²) >= 11 is 14.8. The second-order valence-electron chi connectivity index (χ2n) is 14.9. The van der Waals surface area contributed by atoms with Crippen molar-refractivity contribution in [2.24, 2.45) is 0 Å². The Balaban J connectivity index is 0.000000495. The molecule has 16 nitrogen and oxygen atoms in total. The Bertz CT molecular complexity index is 2820. The number of thiocarbonyl (C=S) groups is 4. The summed E-state index contributed by atoms with van der Waals surface area (Å²) in [6.45, 7) is 0. The maximum absolute atomic E-state index is 7.13. The van der Waals surface area contributed by atoms with E-state index in [9.17, 15) is 0 Å². The van der Waals surface area contributed by atoms with Gasteiger partial charge in [0.25, 0.3) is 0 Å². The van der Waals surface area contributed by atoms with Gasteiger partial charge in [0.15, 0.2) is 0 Å². The molecule has 0 fully saturated rings. The van der Waals surface area contributed by atoms with Crippen molar-refractivity contribution in [3.05, 3.63) is 314 Å². The standard InChI is InChI=1S/6C10H8N2.4CNS.2Mn/c6*1-3-7-11-9(5-1)10-6-2-4-8-12-10;4*2-1-3;;/h6*1-8H;;;;;;/q;;;;;;4*-1;2*+2. The molecule has 22 heteroatoms. The van der Waals surface area contributed by atoms with Gasteiger partial charge in [0.1, 0.15) is 0 Å². The van der Waals surface area contributed by atoms with Gasteiger partial charge in [-0.1, -0.05) is 122 Å². The van der Waals surface area contributed by atoms with E-state index in [2.05, 4.69) is 109 Å². The first-order valence-corrected chi connectivity index (χ1v) is 26.1. The third kappa shape index (κ3) is 32.6. The first kappa shape index (κ1) is 74.1. The van der Waals surface area contributed by atoms with Gasteiger partial charge in [-0.3, -0.25) is 59.8 Å². The van der Waals surface area contributed by atoms with Crippen LogP contribution in [0.5, 0.6) is 0 Å². The summed E-state index contributed by atoms with van der Waals surface area (Å²) in [4.78, 5) is 50.2. The molecule has 12 heterocycles. The fourth-order valence-electron chi connectivity index (χ4n) is 6.17. The largest absolute Gasteiger partial charge is 2.00 e. The molecule has 0 bridgehead atoms. The minimum Gasteiger partial charge on any atom is -0.753 e. The summed E-state index contributed by atoms with van der Waals surface area (Å²) in [5.74, 6) is 0. The molecule has 0 aromatic carbocycles. The second-order valence-corrected chi connectivity index (χ2v) is 15.7. The number of isothiocyanates is 4. The molecule has 0 unspecified atom stereocenters. The van der Waals surface area contributed by atoms with Gasteiger partial charge in [-0.25, -0.2) is 0 Å². The Morgan fingerprint density at radius 3 is 0.291 bits per heavy atom. The van der Waals surface area contributed by atoms with E-state index in [1.165, 1.54) is 20.6 Å². The third-order valence-corrected chi connectivity index (χ3v) is 9.55. The van der Waals surface area contributed by atoms with Crippen LogP contribution in [0, 0.1) is 0 Å². The van der Waals surface area contributed by atoms with Crippen LogP contribution in [0.3, 0.4) is 0 Å². The monoisotopic (exact) mass is 1280 g/mol. The predicted octanol–water partition coefficient (Wildman–Crippen LogP) is 15.5. The molecule has 0 saturated carbocycles. The minimum absolute atomic E-state index is 0. The average Bonchev–Trinajstić information content (AvgIpc) is 3.65. The van der Waals surface area contributed by atoms with E-state index < -0.39 is 0 Å². The van der Waals surface area contributed by atoms with E-state index in [0.29, 0.717) is 0 Å². The molecule has 0 spiro atoms. The van der Waals surface area contributed by atoms with Gasteiger partial charge < -0.3 is 21.6 Å². The number of aromatic nitrogens is 12. The summed E-state index contributed by atoms with van der Waals surface area (Å²) in [6.07, 6.45) is 21.2. The van der Waals surface area contributed by atoms with E-state index in [4.69, 9.17) is 21.6 Å². The molecule has 0 aliphatic heterocycles. The topological polar surface area (TPSA) is 244 Å². The molecule has 0 aliphatic carbocycles. The van der Waals surface area contributed by atoms with Crippen molar-refractivity contribution in [2.45, 2.75) is 0 Å². The van der Waals surface area contributed by atoms with Gasteiger partial charge >= 0.3 is 34.1 Å². The van der Waals surface area contributed by atoms with Crippen molar-refractivity contribution >= 4 is 69.5 Å². The van der Waals surface area contributed by atoms with Crippen LogP contribution in [0.25, 0.3) is 90.0 Å². The Kier molecular flexibility index (Phi) is 43.7. The molecule has 0 atom stereocenters. The summed E-state index contributed by atoms with van der Waals surface area (Å²) in [7, 11) is 0. The first-order valence-electron chi connectivity index (χ1n) is 24.5. The quantitative estimate of drug-likeness (QED) is 0.0853. The predicted molar refractivity (Wildman–Crippen MR) is 349 cm³/mol. The smallest absolute Gasteiger partial charge is 0.753 e. The third-order valence-electron chi connectivity index (χ3n) is 9.55. The van der Waals surface area contributed by atoms with Crippen LogP contribution in [0.1, 0.15) is 0 Å². The summed E-state index contributed by atoms with van der Waals surface area (Å²) in [6, 6.07) is 69.6. The molecule has 0 aliphatic rings. The molecule has 12 rings (SSSR count). The molecule has 2 radical (unpaired) electrons. The Morgan fingerprint density at radius 2 is 0.244 bits per heavy atom. The molecule has 0 saturated heterocycles. The van der Waals surface area contributed by atoms with Crippen LogP contribution < -0.4 is 0 Å². The number of pyridine rings is 12. The van der Waals surface area contributed by atoms with Crippen molar-refractivity contribution in [1.82, 2.24) is 59.8 Å². The van der Waals surface area contributed by atoms with E-state index in [-0.39, 0.29) is 34.1 Å². The Hall–Kier alpha value is -9.96. The van der Waals surface area contributed by atoms with Gasteiger partial charge in [-0.05, 0) is 146 Å². The number of nitrogens with zero attached hydrogens (tertiary/aromatic N) is 16. The van der Waals surface area contributed by atoms with Gasteiger partial charge in [0, 0.05) is 74.4 Å². The van der Waals surface area contributed by atoms with Crippen LogP contribution in [-0.2, 0) is 34.1 Å². The van der Waals surface area contributed by atoms with Crippen molar-refractivity contribution in [1.29, 1.82) is 0 Å². The molecule has 0 amide bonds. The molecular formula is C64H48Mn2N16S4. The van der Waals surface area contributed by atoms with Gasteiger partial charge in [0.05, 0.1) is 68.3 Å². The second kappa shape index (κ2) is 50.7. The van der Waals surface area contributed by atoms with Crippen LogP contribution in [0.4, 0.5) is 0 Å². The summed E-state index contributed by atoms with van der Waals surface area (Å²) in [5.41, 5.74) is 11.0. The van der Waals surface area contributed by atoms with Crippen LogP contribution >= 0.6 is 48.9 Å². The zero-order valence-corrected chi connectivity index (χ0v) is 50.9. The maximum Gasteiger partial charge on any atom is 2.00 e. The Labute approximate surface area is 542 Å². The molecule has 422 valence electrons. The van der Waals surface area contributed by atoms with E-state index in [0.717, 1.165) is 68.3 Å². The van der Waals surface area contributed by atoms with Crippen molar-refractivity contribution in [3.8, 4) is 68.3 Å². The zero-order valence-electron chi connectivity index (χ0n) is 45.3. The fraction of sp³-hybridized carbons (Fsp3) is 0.